The third-order valence-electron chi connectivity index (χ3n) is 4.43. The van der Waals surface area contributed by atoms with E-state index < -0.39 is 0 Å². The molecule has 1 spiro atoms. The normalized spacial score (nSPS) is 37.0. The summed E-state index contributed by atoms with van der Waals surface area (Å²) in [4.78, 5) is 13.9. The van der Waals surface area contributed by atoms with E-state index in [1.54, 1.807) is 0 Å². The van der Waals surface area contributed by atoms with E-state index in [0.717, 1.165) is 51.9 Å². The molecule has 2 aliphatic heterocycles. The number of carbonyl (C=O) groups excluding carboxylic acids is 1. The van der Waals surface area contributed by atoms with Crippen molar-refractivity contribution in [1.29, 1.82) is 0 Å². The fourth-order valence-electron chi connectivity index (χ4n) is 3.62. The maximum Gasteiger partial charge on any atom is 0.222 e. The molecule has 2 atom stereocenters. The third-order valence-corrected chi connectivity index (χ3v) is 4.43. The van der Waals surface area contributed by atoms with Crippen LogP contribution in [0.5, 0.6) is 0 Å². The van der Waals surface area contributed by atoms with E-state index >= 15 is 0 Å². The molecule has 1 saturated carbocycles. The molecule has 3 fully saturated rings. The van der Waals surface area contributed by atoms with Crippen LogP contribution in [-0.2, 0) is 14.3 Å². The molecular formula is C13H21NO3. The topological polar surface area (TPSA) is 38.8 Å². The molecule has 0 bridgehead atoms. The SMILES string of the molecule is CC1CC2(CCC1N1CCCC1=O)OCCO2. The maximum atomic E-state index is 11.8. The molecule has 3 rings (SSSR count). The summed E-state index contributed by atoms with van der Waals surface area (Å²) in [7, 11) is 0. The van der Waals surface area contributed by atoms with Gasteiger partial charge >= 0.3 is 0 Å². The molecule has 0 radical (unpaired) electrons. The number of ether oxygens (including phenoxy) is 2. The van der Waals surface area contributed by atoms with Crippen LogP contribution in [0, 0.1) is 5.92 Å². The summed E-state index contributed by atoms with van der Waals surface area (Å²) in [6, 6.07) is 0.406. The molecule has 17 heavy (non-hydrogen) atoms. The molecular weight excluding hydrogens is 218 g/mol. The van der Waals surface area contributed by atoms with Gasteiger partial charge in [0.15, 0.2) is 5.79 Å². The number of carbonyl (C=O) groups is 1. The highest BCUT2D eigenvalue weighted by molar-refractivity contribution is 5.78. The standard InChI is InChI=1S/C13H21NO3/c1-10-9-13(16-7-8-17-13)5-4-11(10)14-6-2-3-12(14)15/h10-11H,2-9H2,1H3. The molecule has 96 valence electrons. The van der Waals surface area contributed by atoms with Crippen LogP contribution in [0.2, 0.25) is 0 Å². The second-order valence-corrected chi connectivity index (χ2v) is 5.59. The van der Waals surface area contributed by atoms with Gasteiger partial charge in [0.2, 0.25) is 5.91 Å². The van der Waals surface area contributed by atoms with Crippen molar-refractivity contribution in [3.05, 3.63) is 0 Å². The Hall–Kier alpha value is -0.610. The molecule has 0 aromatic carbocycles. The van der Waals surface area contributed by atoms with Crippen LogP contribution in [0.3, 0.4) is 0 Å². The van der Waals surface area contributed by atoms with Crippen molar-refractivity contribution < 1.29 is 14.3 Å². The van der Waals surface area contributed by atoms with Gasteiger partial charge in [-0.15, -0.1) is 0 Å². The summed E-state index contributed by atoms with van der Waals surface area (Å²) in [5, 5.41) is 0. The van der Waals surface area contributed by atoms with Gasteiger partial charge < -0.3 is 14.4 Å². The first-order valence-corrected chi connectivity index (χ1v) is 6.78. The van der Waals surface area contributed by atoms with E-state index in [0.29, 0.717) is 17.9 Å². The lowest BCUT2D eigenvalue weighted by Gasteiger charge is -2.43. The van der Waals surface area contributed by atoms with Gasteiger partial charge in [0, 0.05) is 31.8 Å². The minimum absolute atomic E-state index is 0.321. The summed E-state index contributed by atoms with van der Waals surface area (Å²) >= 11 is 0. The first-order chi connectivity index (χ1) is 8.20. The third kappa shape index (κ3) is 1.97. The molecule has 0 aromatic heterocycles. The van der Waals surface area contributed by atoms with Crippen molar-refractivity contribution >= 4 is 5.91 Å². The Balaban J connectivity index is 1.67. The number of likely N-dealkylation sites (tertiary alicyclic amines) is 1. The number of hydrogen-bond donors (Lipinski definition) is 0. The summed E-state index contributed by atoms with van der Waals surface area (Å²) in [6.45, 7) is 4.62. The van der Waals surface area contributed by atoms with Gasteiger partial charge in [0.1, 0.15) is 0 Å². The van der Waals surface area contributed by atoms with E-state index in [1.807, 2.05) is 0 Å². The number of amides is 1. The predicted molar refractivity (Wildman–Crippen MR) is 62.4 cm³/mol. The highest BCUT2D eigenvalue weighted by Crippen LogP contribution is 2.41. The highest BCUT2D eigenvalue weighted by Gasteiger charge is 2.46. The lowest BCUT2D eigenvalue weighted by atomic mass is 9.81. The van der Waals surface area contributed by atoms with Crippen molar-refractivity contribution in [2.75, 3.05) is 19.8 Å². The zero-order valence-electron chi connectivity index (χ0n) is 10.5. The zero-order valence-corrected chi connectivity index (χ0v) is 10.5. The van der Waals surface area contributed by atoms with Gasteiger partial charge in [-0.05, 0) is 18.8 Å². The summed E-state index contributed by atoms with van der Waals surface area (Å²) in [5.41, 5.74) is 0. The molecule has 4 nitrogen and oxygen atoms in total. The molecule has 0 N–H and O–H groups in total. The molecule has 3 aliphatic rings. The summed E-state index contributed by atoms with van der Waals surface area (Å²) < 4.78 is 11.5. The summed E-state index contributed by atoms with van der Waals surface area (Å²) in [6.07, 6.45) is 4.65. The van der Waals surface area contributed by atoms with Gasteiger partial charge in [-0.25, -0.2) is 0 Å². The molecule has 4 heteroatoms. The molecule has 1 aliphatic carbocycles. The minimum atomic E-state index is -0.321. The Morgan fingerprint density at radius 1 is 1.35 bits per heavy atom. The Morgan fingerprint density at radius 2 is 2.12 bits per heavy atom. The number of hydrogen-bond acceptors (Lipinski definition) is 3. The van der Waals surface area contributed by atoms with E-state index in [1.165, 1.54) is 0 Å². The van der Waals surface area contributed by atoms with Crippen LogP contribution >= 0.6 is 0 Å². The average molecular weight is 239 g/mol. The molecule has 2 heterocycles. The second-order valence-electron chi connectivity index (χ2n) is 5.59. The van der Waals surface area contributed by atoms with Crippen molar-refractivity contribution in [3.8, 4) is 0 Å². The van der Waals surface area contributed by atoms with E-state index in [2.05, 4.69) is 11.8 Å². The lowest BCUT2D eigenvalue weighted by molar-refractivity contribution is -0.195. The second kappa shape index (κ2) is 4.25. The van der Waals surface area contributed by atoms with Crippen molar-refractivity contribution in [3.63, 3.8) is 0 Å². The molecule has 0 aromatic rings. The van der Waals surface area contributed by atoms with E-state index in [4.69, 9.17) is 9.47 Å². The van der Waals surface area contributed by atoms with Gasteiger partial charge in [-0.3, -0.25) is 4.79 Å². The predicted octanol–water partition coefficient (Wildman–Crippen LogP) is 1.54. The molecule has 1 amide bonds. The van der Waals surface area contributed by atoms with E-state index in [-0.39, 0.29) is 5.79 Å². The van der Waals surface area contributed by atoms with Crippen LogP contribution in [0.1, 0.15) is 39.0 Å². The highest BCUT2D eigenvalue weighted by atomic mass is 16.7. The first kappa shape index (κ1) is 11.5. The van der Waals surface area contributed by atoms with E-state index in [9.17, 15) is 4.79 Å². The monoisotopic (exact) mass is 239 g/mol. The smallest absolute Gasteiger partial charge is 0.222 e. The van der Waals surface area contributed by atoms with Gasteiger partial charge in [0.05, 0.1) is 13.2 Å². The van der Waals surface area contributed by atoms with Crippen molar-refractivity contribution in [2.45, 2.75) is 50.9 Å². The summed E-state index contributed by atoms with van der Waals surface area (Å²) in [5.74, 6) is 0.494. The van der Waals surface area contributed by atoms with Crippen molar-refractivity contribution in [1.82, 2.24) is 4.90 Å². The first-order valence-electron chi connectivity index (χ1n) is 6.78. The Bertz CT molecular complexity index is 312. The quantitative estimate of drug-likeness (QED) is 0.696. The molecule has 2 saturated heterocycles. The zero-order chi connectivity index (χ0) is 11.9. The van der Waals surface area contributed by atoms with Crippen molar-refractivity contribution in [2.24, 2.45) is 5.92 Å². The Morgan fingerprint density at radius 3 is 2.71 bits per heavy atom. The minimum Gasteiger partial charge on any atom is -0.348 e. The van der Waals surface area contributed by atoms with Gasteiger partial charge in [-0.2, -0.15) is 0 Å². The van der Waals surface area contributed by atoms with Crippen LogP contribution in [-0.4, -0.2) is 42.4 Å². The van der Waals surface area contributed by atoms with Crippen LogP contribution in [0.25, 0.3) is 0 Å². The fraction of sp³-hybridized carbons (Fsp3) is 0.923. The fourth-order valence-corrected chi connectivity index (χ4v) is 3.62. The van der Waals surface area contributed by atoms with Crippen LogP contribution < -0.4 is 0 Å². The lowest BCUT2D eigenvalue weighted by Crippen LogP contribution is -2.49. The number of nitrogens with zero attached hydrogens (tertiary/aromatic N) is 1. The van der Waals surface area contributed by atoms with Gasteiger partial charge in [-0.1, -0.05) is 6.92 Å². The maximum absolute atomic E-state index is 11.8. The van der Waals surface area contributed by atoms with Crippen LogP contribution in [0.15, 0.2) is 0 Å². The average Bonchev–Trinajstić information content (AvgIpc) is 2.90. The van der Waals surface area contributed by atoms with Crippen LogP contribution in [0.4, 0.5) is 0 Å². The molecule has 2 unspecified atom stereocenters. The Labute approximate surface area is 102 Å². The number of rotatable bonds is 1. The van der Waals surface area contributed by atoms with Gasteiger partial charge in [0.25, 0.3) is 0 Å². The largest absolute Gasteiger partial charge is 0.348 e. The Kier molecular flexibility index (Phi) is 2.87.